The summed E-state index contributed by atoms with van der Waals surface area (Å²) >= 11 is 0. The lowest BCUT2D eigenvalue weighted by atomic mass is 10.1. The number of rotatable bonds is 2. The molecule has 0 unspecified atom stereocenters. The first-order chi connectivity index (χ1) is 6.95. The van der Waals surface area contributed by atoms with Crippen molar-refractivity contribution >= 4 is 0 Å². The predicted octanol–water partition coefficient (Wildman–Crippen LogP) is 2.16. The fourth-order valence-electron chi connectivity index (χ4n) is 2.22. The molecule has 0 radical (unpaired) electrons. The molecule has 0 bridgehead atoms. The Morgan fingerprint density at radius 1 is 1.00 bits per heavy atom. The largest absolute Gasteiger partial charge is 0.350 e. The highest BCUT2D eigenvalue weighted by molar-refractivity contribution is 5.25. The van der Waals surface area contributed by atoms with Gasteiger partial charge in [0.2, 0.25) is 0 Å². The van der Waals surface area contributed by atoms with E-state index in [4.69, 9.17) is 9.47 Å². The normalized spacial score (nSPS) is 32.0. The van der Waals surface area contributed by atoms with Crippen molar-refractivity contribution < 1.29 is 9.47 Å². The van der Waals surface area contributed by atoms with Crippen LogP contribution in [0.5, 0.6) is 0 Å². The molecular formula is C12H14O2. The van der Waals surface area contributed by atoms with E-state index in [1.807, 2.05) is 0 Å². The molecule has 0 aromatic heterocycles. The van der Waals surface area contributed by atoms with Crippen molar-refractivity contribution in [1.29, 1.82) is 0 Å². The van der Waals surface area contributed by atoms with E-state index >= 15 is 0 Å². The molecule has 14 heavy (non-hydrogen) atoms. The van der Waals surface area contributed by atoms with Crippen LogP contribution in [0.25, 0.3) is 0 Å². The van der Waals surface area contributed by atoms with Crippen molar-refractivity contribution in [2.75, 3.05) is 13.2 Å². The Labute approximate surface area is 83.8 Å². The van der Waals surface area contributed by atoms with Gasteiger partial charge >= 0.3 is 0 Å². The second kappa shape index (κ2) is 3.37. The third-order valence-corrected chi connectivity index (χ3v) is 3.06. The maximum absolute atomic E-state index is 5.51. The number of hydrogen-bond donors (Lipinski definition) is 0. The van der Waals surface area contributed by atoms with Crippen molar-refractivity contribution in [2.24, 2.45) is 5.92 Å². The summed E-state index contributed by atoms with van der Waals surface area (Å²) in [6.07, 6.45) is 1.29. The minimum absolute atomic E-state index is 0.0696. The van der Waals surface area contributed by atoms with Gasteiger partial charge in [0.05, 0.1) is 13.2 Å². The summed E-state index contributed by atoms with van der Waals surface area (Å²) in [4.78, 5) is 0. The molecule has 0 N–H and O–H groups in total. The van der Waals surface area contributed by atoms with Crippen LogP contribution in [0.2, 0.25) is 0 Å². The number of hydrogen-bond acceptors (Lipinski definition) is 2. The molecule has 1 aliphatic heterocycles. The molecule has 1 heterocycles. The molecule has 74 valence electrons. The Morgan fingerprint density at radius 2 is 1.71 bits per heavy atom. The first-order valence-corrected chi connectivity index (χ1v) is 5.23. The van der Waals surface area contributed by atoms with Crippen molar-refractivity contribution in [3.63, 3.8) is 0 Å². The average molecular weight is 190 g/mol. The van der Waals surface area contributed by atoms with Crippen LogP contribution in [0, 0.1) is 5.92 Å². The average Bonchev–Trinajstić information content (AvgIpc) is 2.87. The van der Waals surface area contributed by atoms with Gasteiger partial charge in [-0.2, -0.15) is 0 Å². The summed E-state index contributed by atoms with van der Waals surface area (Å²) in [5.41, 5.74) is 1.43. The van der Waals surface area contributed by atoms with Gasteiger partial charge in [-0.3, -0.25) is 0 Å². The molecule has 1 saturated heterocycles. The third kappa shape index (κ3) is 1.45. The first kappa shape index (κ1) is 8.45. The molecule has 1 aromatic carbocycles. The van der Waals surface area contributed by atoms with Crippen LogP contribution in [0.3, 0.4) is 0 Å². The second-order valence-corrected chi connectivity index (χ2v) is 4.03. The van der Waals surface area contributed by atoms with Gasteiger partial charge in [0, 0.05) is 5.92 Å². The van der Waals surface area contributed by atoms with E-state index < -0.39 is 0 Å². The van der Waals surface area contributed by atoms with E-state index in [1.54, 1.807) is 0 Å². The van der Waals surface area contributed by atoms with Gasteiger partial charge in [-0.15, -0.1) is 0 Å². The van der Waals surface area contributed by atoms with Crippen molar-refractivity contribution in [2.45, 2.75) is 18.6 Å². The first-order valence-electron chi connectivity index (χ1n) is 5.23. The molecule has 0 spiro atoms. The fraction of sp³-hybridized carbons (Fsp3) is 0.500. The minimum Gasteiger partial charge on any atom is -0.350 e. The zero-order valence-corrected chi connectivity index (χ0v) is 8.06. The molecular weight excluding hydrogens is 176 g/mol. The SMILES string of the molecule is c1ccc([C@H]2C[C@@H]2C2OCCO2)cc1. The Balaban J connectivity index is 1.68. The topological polar surface area (TPSA) is 18.5 Å². The summed E-state index contributed by atoms with van der Waals surface area (Å²) in [6.45, 7) is 1.53. The zero-order valence-electron chi connectivity index (χ0n) is 8.06. The van der Waals surface area contributed by atoms with Crippen LogP contribution in [0.15, 0.2) is 30.3 Å². The van der Waals surface area contributed by atoms with E-state index in [2.05, 4.69) is 30.3 Å². The lowest BCUT2D eigenvalue weighted by Gasteiger charge is -2.07. The van der Waals surface area contributed by atoms with E-state index in [1.165, 1.54) is 12.0 Å². The van der Waals surface area contributed by atoms with Crippen LogP contribution in [0.4, 0.5) is 0 Å². The maximum Gasteiger partial charge on any atom is 0.161 e. The van der Waals surface area contributed by atoms with E-state index in [0.717, 1.165) is 13.2 Å². The highest BCUT2D eigenvalue weighted by Crippen LogP contribution is 2.51. The Morgan fingerprint density at radius 3 is 2.43 bits per heavy atom. The molecule has 1 saturated carbocycles. The third-order valence-electron chi connectivity index (χ3n) is 3.06. The molecule has 1 aliphatic carbocycles. The molecule has 1 aromatic rings. The zero-order chi connectivity index (χ0) is 9.38. The van der Waals surface area contributed by atoms with Crippen molar-refractivity contribution in [3.8, 4) is 0 Å². The predicted molar refractivity (Wildman–Crippen MR) is 53.0 cm³/mol. The molecule has 3 rings (SSSR count). The highest BCUT2D eigenvalue weighted by Gasteiger charge is 2.46. The quantitative estimate of drug-likeness (QED) is 0.711. The summed E-state index contributed by atoms with van der Waals surface area (Å²) in [5, 5.41) is 0. The summed E-state index contributed by atoms with van der Waals surface area (Å²) < 4.78 is 11.0. The molecule has 2 aliphatic rings. The summed E-state index contributed by atoms with van der Waals surface area (Å²) in [5.74, 6) is 1.26. The van der Waals surface area contributed by atoms with E-state index in [0.29, 0.717) is 11.8 Å². The summed E-state index contributed by atoms with van der Waals surface area (Å²) in [6, 6.07) is 10.6. The van der Waals surface area contributed by atoms with Crippen LogP contribution in [0.1, 0.15) is 17.9 Å². The molecule has 2 atom stereocenters. The monoisotopic (exact) mass is 190 g/mol. The fourth-order valence-corrected chi connectivity index (χ4v) is 2.22. The van der Waals surface area contributed by atoms with Crippen molar-refractivity contribution in [1.82, 2.24) is 0 Å². The Bertz CT molecular complexity index is 303. The van der Waals surface area contributed by atoms with Gasteiger partial charge in [-0.25, -0.2) is 0 Å². The van der Waals surface area contributed by atoms with Crippen LogP contribution < -0.4 is 0 Å². The van der Waals surface area contributed by atoms with Gasteiger partial charge in [-0.05, 0) is 17.9 Å². The molecule has 2 fully saturated rings. The molecule has 0 amide bonds. The summed E-state index contributed by atoms with van der Waals surface area (Å²) in [7, 11) is 0. The molecule has 2 heteroatoms. The lowest BCUT2D eigenvalue weighted by Crippen LogP contribution is -2.11. The smallest absolute Gasteiger partial charge is 0.161 e. The van der Waals surface area contributed by atoms with Crippen molar-refractivity contribution in [3.05, 3.63) is 35.9 Å². The van der Waals surface area contributed by atoms with Gasteiger partial charge in [0.15, 0.2) is 6.29 Å². The Kier molecular flexibility index (Phi) is 2.03. The van der Waals surface area contributed by atoms with Gasteiger partial charge in [-0.1, -0.05) is 30.3 Å². The lowest BCUT2D eigenvalue weighted by molar-refractivity contribution is -0.0586. The van der Waals surface area contributed by atoms with Crippen LogP contribution in [-0.4, -0.2) is 19.5 Å². The molecule has 2 nitrogen and oxygen atoms in total. The Hall–Kier alpha value is -0.860. The van der Waals surface area contributed by atoms with Gasteiger partial charge < -0.3 is 9.47 Å². The van der Waals surface area contributed by atoms with E-state index in [-0.39, 0.29) is 6.29 Å². The number of ether oxygens (including phenoxy) is 2. The standard InChI is InChI=1S/C12H14O2/c1-2-4-9(5-3-1)10-8-11(10)12-13-6-7-14-12/h1-5,10-12H,6-8H2/t10-,11+/m1/s1. The number of benzene rings is 1. The highest BCUT2D eigenvalue weighted by atomic mass is 16.7. The van der Waals surface area contributed by atoms with Gasteiger partial charge in [0.25, 0.3) is 0 Å². The van der Waals surface area contributed by atoms with Crippen LogP contribution >= 0.6 is 0 Å². The second-order valence-electron chi connectivity index (χ2n) is 4.03. The maximum atomic E-state index is 5.51. The van der Waals surface area contributed by atoms with Gasteiger partial charge in [0.1, 0.15) is 0 Å². The van der Waals surface area contributed by atoms with Crippen LogP contribution in [-0.2, 0) is 9.47 Å². The minimum atomic E-state index is 0.0696. The van der Waals surface area contributed by atoms with E-state index in [9.17, 15) is 0 Å².